The Balaban J connectivity index is 1.63. The van der Waals surface area contributed by atoms with Gasteiger partial charge in [-0.25, -0.2) is 8.42 Å². The van der Waals surface area contributed by atoms with Crippen molar-refractivity contribution < 1.29 is 13.2 Å². The summed E-state index contributed by atoms with van der Waals surface area (Å²) in [7, 11) is -3.74. The molecule has 27 heavy (non-hydrogen) atoms. The zero-order valence-electron chi connectivity index (χ0n) is 15.3. The second-order valence-electron chi connectivity index (χ2n) is 7.25. The number of sulfonamides is 1. The number of pyridine rings is 1. The van der Waals surface area contributed by atoms with Gasteiger partial charge in [-0.1, -0.05) is 18.2 Å². The first-order chi connectivity index (χ1) is 13.0. The summed E-state index contributed by atoms with van der Waals surface area (Å²) < 4.78 is 27.5. The molecule has 7 heteroatoms. The molecule has 2 heterocycles. The van der Waals surface area contributed by atoms with Crippen molar-refractivity contribution in [2.75, 3.05) is 11.4 Å². The SMILES string of the molecule is C[C@H]1CCc2ccccc2N1C(=O)CN(C1CC1)S(=O)(=O)c1cccnc1. The quantitative estimate of drug-likeness (QED) is 0.793. The van der Waals surface area contributed by atoms with Crippen LogP contribution < -0.4 is 4.90 Å². The number of hydrogen-bond acceptors (Lipinski definition) is 4. The van der Waals surface area contributed by atoms with E-state index in [1.54, 1.807) is 11.0 Å². The van der Waals surface area contributed by atoms with Gasteiger partial charge in [-0.3, -0.25) is 9.78 Å². The molecule has 1 saturated carbocycles. The molecule has 2 aromatic rings. The van der Waals surface area contributed by atoms with Crippen molar-refractivity contribution in [1.29, 1.82) is 0 Å². The highest BCUT2D eigenvalue weighted by molar-refractivity contribution is 7.89. The molecule has 6 nitrogen and oxygen atoms in total. The lowest BCUT2D eigenvalue weighted by Gasteiger charge is -2.36. The fourth-order valence-corrected chi connectivity index (χ4v) is 5.28. The molecular formula is C20H23N3O3S. The molecule has 1 aromatic heterocycles. The van der Waals surface area contributed by atoms with E-state index in [2.05, 4.69) is 4.98 Å². The van der Waals surface area contributed by atoms with Crippen molar-refractivity contribution in [3.63, 3.8) is 0 Å². The summed E-state index contributed by atoms with van der Waals surface area (Å²) in [6, 6.07) is 10.9. The van der Waals surface area contributed by atoms with Gasteiger partial charge in [0.15, 0.2) is 0 Å². The van der Waals surface area contributed by atoms with E-state index in [-0.39, 0.29) is 29.4 Å². The van der Waals surface area contributed by atoms with Crippen LogP contribution >= 0.6 is 0 Å². The Morgan fingerprint density at radius 3 is 2.67 bits per heavy atom. The Morgan fingerprint density at radius 1 is 1.19 bits per heavy atom. The number of aryl methyl sites for hydroxylation is 1. The Kier molecular flexibility index (Phi) is 4.74. The highest BCUT2D eigenvalue weighted by Gasteiger charge is 2.41. The molecule has 0 spiro atoms. The number of fused-ring (bicyclic) bond motifs is 1. The number of rotatable bonds is 5. The summed E-state index contributed by atoms with van der Waals surface area (Å²) in [5.74, 6) is -0.172. The van der Waals surface area contributed by atoms with Crippen molar-refractivity contribution >= 4 is 21.6 Å². The van der Waals surface area contributed by atoms with Crippen LogP contribution in [-0.2, 0) is 21.2 Å². The molecule has 1 aromatic carbocycles. The summed E-state index contributed by atoms with van der Waals surface area (Å²) in [5, 5.41) is 0. The maximum atomic E-state index is 13.2. The molecule has 0 saturated heterocycles. The summed E-state index contributed by atoms with van der Waals surface area (Å²) in [5.41, 5.74) is 2.04. The number of nitrogens with zero attached hydrogens (tertiary/aromatic N) is 3. The summed E-state index contributed by atoms with van der Waals surface area (Å²) >= 11 is 0. The van der Waals surface area contributed by atoms with Gasteiger partial charge in [0.05, 0.1) is 6.54 Å². The molecule has 4 rings (SSSR count). The first kappa shape index (κ1) is 18.1. The average molecular weight is 385 g/mol. The smallest absolute Gasteiger partial charge is 0.245 e. The topological polar surface area (TPSA) is 70.6 Å². The highest BCUT2D eigenvalue weighted by atomic mass is 32.2. The van der Waals surface area contributed by atoms with E-state index >= 15 is 0 Å². The Hall–Kier alpha value is -2.25. The number of amides is 1. The minimum atomic E-state index is -3.74. The summed E-state index contributed by atoms with van der Waals surface area (Å²) in [6.45, 7) is 1.88. The Bertz CT molecular complexity index is 942. The van der Waals surface area contributed by atoms with Crippen LogP contribution in [0.1, 0.15) is 31.7 Å². The van der Waals surface area contributed by atoms with Gasteiger partial charge in [0.2, 0.25) is 15.9 Å². The normalized spacial score (nSPS) is 19.8. The zero-order chi connectivity index (χ0) is 19.0. The molecule has 0 bridgehead atoms. The van der Waals surface area contributed by atoms with E-state index in [1.165, 1.54) is 22.8 Å². The number of hydrogen-bond donors (Lipinski definition) is 0. The minimum absolute atomic E-state index is 0.0505. The first-order valence-electron chi connectivity index (χ1n) is 9.30. The third-order valence-electron chi connectivity index (χ3n) is 5.28. The van der Waals surface area contributed by atoms with Gasteiger partial charge in [-0.05, 0) is 56.4 Å². The van der Waals surface area contributed by atoms with E-state index in [9.17, 15) is 13.2 Å². The van der Waals surface area contributed by atoms with Gasteiger partial charge >= 0.3 is 0 Å². The Morgan fingerprint density at radius 2 is 1.96 bits per heavy atom. The fraction of sp³-hybridized carbons (Fsp3) is 0.400. The second-order valence-corrected chi connectivity index (χ2v) is 9.14. The van der Waals surface area contributed by atoms with Crippen molar-refractivity contribution in [2.24, 2.45) is 0 Å². The lowest BCUT2D eigenvalue weighted by Crippen LogP contribution is -2.48. The maximum absolute atomic E-state index is 13.2. The number of carbonyl (C=O) groups excluding carboxylic acids is 1. The number of benzene rings is 1. The largest absolute Gasteiger partial charge is 0.308 e. The lowest BCUT2D eigenvalue weighted by atomic mass is 9.96. The second kappa shape index (κ2) is 7.05. The van der Waals surface area contributed by atoms with Crippen LogP contribution in [0, 0.1) is 0 Å². The lowest BCUT2D eigenvalue weighted by molar-refractivity contribution is -0.119. The molecule has 2 aliphatic rings. The number of para-hydroxylation sites is 1. The van der Waals surface area contributed by atoms with Gasteiger partial charge in [-0.15, -0.1) is 0 Å². The van der Waals surface area contributed by atoms with Gasteiger partial charge in [0, 0.05) is 30.2 Å². The van der Waals surface area contributed by atoms with Crippen LogP contribution in [-0.4, -0.2) is 42.2 Å². The van der Waals surface area contributed by atoms with Crippen molar-refractivity contribution in [3.8, 4) is 0 Å². The van der Waals surface area contributed by atoms with Crippen LogP contribution in [0.3, 0.4) is 0 Å². The molecule has 1 fully saturated rings. The fourth-order valence-electron chi connectivity index (χ4n) is 3.69. The molecule has 142 valence electrons. The van der Waals surface area contributed by atoms with Crippen LogP contribution in [0.25, 0.3) is 0 Å². The van der Waals surface area contributed by atoms with Crippen LogP contribution in [0.4, 0.5) is 5.69 Å². The average Bonchev–Trinajstić information content (AvgIpc) is 3.51. The van der Waals surface area contributed by atoms with E-state index in [0.29, 0.717) is 0 Å². The van der Waals surface area contributed by atoms with E-state index in [4.69, 9.17) is 0 Å². The molecule has 1 amide bonds. The maximum Gasteiger partial charge on any atom is 0.245 e. The van der Waals surface area contributed by atoms with Gasteiger partial charge in [-0.2, -0.15) is 4.31 Å². The predicted octanol–water partition coefficient (Wildman–Crippen LogP) is 2.60. The van der Waals surface area contributed by atoms with E-state index in [0.717, 1.165) is 36.9 Å². The third-order valence-corrected chi connectivity index (χ3v) is 7.16. The standard InChI is InChI=1S/C20H23N3O3S/c1-15-8-9-16-5-2-3-7-19(16)23(15)20(24)14-22(17-10-11-17)27(25,26)18-6-4-12-21-13-18/h2-7,12-13,15,17H,8-11,14H2,1H3/t15-/m0/s1. The zero-order valence-corrected chi connectivity index (χ0v) is 16.1. The summed E-state index contributed by atoms with van der Waals surface area (Å²) in [6.07, 6.45) is 6.27. The monoisotopic (exact) mass is 385 g/mol. The molecule has 1 aliphatic heterocycles. The predicted molar refractivity (Wildman–Crippen MR) is 103 cm³/mol. The highest BCUT2D eigenvalue weighted by Crippen LogP contribution is 2.34. The van der Waals surface area contributed by atoms with Gasteiger partial charge in [0.25, 0.3) is 0 Å². The van der Waals surface area contributed by atoms with Gasteiger partial charge in [0.1, 0.15) is 4.90 Å². The number of anilines is 1. The van der Waals surface area contributed by atoms with E-state index < -0.39 is 10.0 Å². The number of carbonyl (C=O) groups is 1. The molecule has 0 unspecified atom stereocenters. The molecular weight excluding hydrogens is 362 g/mol. The number of aromatic nitrogens is 1. The molecule has 0 N–H and O–H groups in total. The van der Waals surface area contributed by atoms with Crippen LogP contribution in [0.5, 0.6) is 0 Å². The van der Waals surface area contributed by atoms with E-state index in [1.807, 2.05) is 31.2 Å². The third kappa shape index (κ3) is 3.49. The summed E-state index contributed by atoms with van der Waals surface area (Å²) in [4.78, 5) is 19.0. The first-order valence-corrected chi connectivity index (χ1v) is 10.7. The van der Waals surface area contributed by atoms with Crippen molar-refractivity contribution in [3.05, 3.63) is 54.4 Å². The molecule has 1 aliphatic carbocycles. The van der Waals surface area contributed by atoms with Crippen LogP contribution in [0.2, 0.25) is 0 Å². The van der Waals surface area contributed by atoms with Crippen molar-refractivity contribution in [1.82, 2.24) is 9.29 Å². The Labute approximate surface area is 159 Å². The molecule has 0 radical (unpaired) electrons. The molecule has 1 atom stereocenters. The minimum Gasteiger partial charge on any atom is -0.308 e. The van der Waals surface area contributed by atoms with Gasteiger partial charge < -0.3 is 4.90 Å². The van der Waals surface area contributed by atoms with Crippen molar-refractivity contribution in [2.45, 2.75) is 49.6 Å². The van der Waals surface area contributed by atoms with Crippen LogP contribution in [0.15, 0.2) is 53.7 Å².